The highest BCUT2D eigenvalue weighted by atomic mass is 19.1. The molecule has 0 saturated heterocycles. The molecular weight excluding hydrogens is 213 g/mol. The van der Waals surface area contributed by atoms with Gasteiger partial charge in [-0.15, -0.1) is 0 Å². The third-order valence-corrected chi connectivity index (χ3v) is 3.30. The Kier molecular flexibility index (Phi) is 6.20. The minimum absolute atomic E-state index is 0.133. The smallest absolute Gasteiger partial charge is 0.123 e. The summed E-state index contributed by atoms with van der Waals surface area (Å²) in [7, 11) is 0. The summed E-state index contributed by atoms with van der Waals surface area (Å²) in [5.41, 5.74) is 1.11. The van der Waals surface area contributed by atoms with Crippen LogP contribution < -0.4 is 5.32 Å². The topological polar surface area (TPSA) is 12.0 Å². The predicted octanol–water partition coefficient (Wildman–Crippen LogP) is 4.10. The molecule has 0 aliphatic heterocycles. The van der Waals surface area contributed by atoms with Gasteiger partial charge < -0.3 is 5.32 Å². The van der Waals surface area contributed by atoms with Gasteiger partial charge in [-0.2, -0.15) is 0 Å². The summed E-state index contributed by atoms with van der Waals surface area (Å²) in [6.45, 7) is 7.56. The molecule has 0 bridgehead atoms. The third-order valence-electron chi connectivity index (χ3n) is 3.30. The van der Waals surface area contributed by atoms with Gasteiger partial charge in [-0.05, 0) is 49.4 Å². The van der Waals surface area contributed by atoms with E-state index in [9.17, 15) is 4.39 Å². The van der Waals surface area contributed by atoms with Crippen LogP contribution in [0, 0.1) is 5.82 Å². The zero-order valence-corrected chi connectivity index (χ0v) is 11.2. The summed E-state index contributed by atoms with van der Waals surface area (Å²) in [6, 6.07) is 7.47. The maximum atomic E-state index is 13.3. The Bertz CT molecular complexity index is 324. The molecule has 0 fully saturated rings. The fraction of sp³-hybridized carbons (Fsp3) is 0.600. The van der Waals surface area contributed by atoms with Crippen molar-refractivity contribution in [1.82, 2.24) is 5.32 Å². The van der Waals surface area contributed by atoms with Gasteiger partial charge in [-0.25, -0.2) is 4.39 Å². The average molecular weight is 237 g/mol. The number of rotatable bonds is 7. The standard InChI is InChI=1S/C15H24FN/c1-4-10-17-15(6-3)14(5-2)12-8-7-9-13(16)11-12/h7-9,11,14-15,17H,4-6,10H2,1-3H3. The fourth-order valence-corrected chi connectivity index (χ4v) is 2.39. The lowest BCUT2D eigenvalue weighted by Crippen LogP contribution is -2.34. The van der Waals surface area contributed by atoms with E-state index in [1.165, 1.54) is 6.07 Å². The molecule has 2 atom stereocenters. The molecule has 0 amide bonds. The van der Waals surface area contributed by atoms with Crippen molar-refractivity contribution in [2.24, 2.45) is 0 Å². The number of hydrogen-bond donors (Lipinski definition) is 1. The molecule has 0 aliphatic rings. The Morgan fingerprint density at radius 3 is 2.47 bits per heavy atom. The fourth-order valence-electron chi connectivity index (χ4n) is 2.39. The first-order valence-electron chi connectivity index (χ1n) is 6.71. The molecule has 17 heavy (non-hydrogen) atoms. The first-order chi connectivity index (χ1) is 8.22. The van der Waals surface area contributed by atoms with E-state index in [0.29, 0.717) is 12.0 Å². The Morgan fingerprint density at radius 1 is 1.18 bits per heavy atom. The third kappa shape index (κ3) is 4.12. The molecular formula is C15H24FN. The molecule has 2 heteroatoms. The van der Waals surface area contributed by atoms with Gasteiger partial charge in [0, 0.05) is 6.04 Å². The SMILES string of the molecule is CCCNC(CC)C(CC)c1cccc(F)c1. The lowest BCUT2D eigenvalue weighted by molar-refractivity contribution is 0.410. The highest BCUT2D eigenvalue weighted by molar-refractivity contribution is 5.22. The minimum atomic E-state index is -0.133. The Hall–Kier alpha value is -0.890. The molecule has 1 aromatic carbocycles. The van der Waals surface area contributed by atoms with Gasteiger partial charge in [0.15, 0.2) is 0 Å². The van der Waals surface area contributed by atoms with Gasteiger partial charge in [-0.3, -0.25) is 0 Å². The maximum absolute atomic E-state index is 13.3. The van der Waals surface area contributed by atoms with Crippen molar-refractivity contribution < 1.29 is 4.39 Å². The minimum Gasteiger partial charge on any atom is -0.313 e. The normalized spacial score (nSPS) is 14.6. The monoisotopic (exact) mass is 237 g/mol. The largest absolute Gasteiger partial charge is 0.313 e. The van der Waals surface area contributed by atoms with Crippen molar-refractivity contribution in [2.45, 2.75) is 52.0 Å². The lowest BCUT2D eigenvalue weighted by atomic mass is 9.87. The van der Waals surface area contributed by atoms with Crippen molar-refractivity contribution in [2.75, 3.05) is 6.54 Å². The lowest BCUT2D eigenvalue weighted by Gasteiger charge is -2.27. The summed E-state index contributed by atoms with van der Waals surface area (Å²) in [4.78, 5) is 0. The van der Waals surface area contributed by atoms with Gasteiger partial charge in [0.05, 0.1) is 0 Å². The van der Waals surface area contributed by atoms with Crippen LogP contribution in [0.2, 0.25) is 0 Å². The average Bonchev–Trinajstić information content (AvgIpc) is 2.34. The van der Waals surface area contributed by atoms with Crippen LogP contribution in [0.15, 0.2) is 24.3 Å². The molecule has 96 valence electrons. The van der Waals surface area contributed by atoms with Crippen LogP contribution in [0.5, 0.6) is 0 Å². The first-order valence-corrected chi connectivity index (χ1v) is 6.71. The molecule has 1 rings (SSSR count). The van der Waals surface area contributed by atoms with Crippen molar-refractivity contribution in [3.63, 3.8) is 0 Å². The maximum Gasteiger partial charge on any atom is 0.123 e. The van der Waals surface area contributed by atoms with Crippen molar-refractivity contribution in [3.05, 3.63) is 35.6 Å². The summed E-state index contributed by atoms with van der Waals surface area (Å²) in [5.74, 6) is 0.272. The second-order valence-corrected chi connectivity index (χ2v) is 4.54. The highest BCUT2D eigenvalue weighted by Gasteiger charge is 2.19. The molecule has 0 radical (unpaired) electrons. The summed E-state index contributed by atoms with van der Waals surface area (Å²) < 4.78 is 13.3. The van der Waals surface area contributed by atoms with Crippen LogP contribution >= 0.6 is 0 Å². The van der Waals surface area contributed by atoms with Gasteiger partial charge in [-0.1, -0.05) is 32.9 Å². The predicted molar refractivity (Wildman–Crippen MR) is 71.8 cm³/mol. The highest BCUT2D eigenvalue weighted by Crippen LogP contribution is 2.25. The van der Waals surface area contributed by atoms with Gasteiger partial charge >= 0.3 is 0 Å². The number of halogens is 1. The Morgan fingerprint density at radius 2 is 1.94 bits per heavy atom. The molecule has 0 aromatic heterocycles. The van der Waals surface area contributed by atoms with Crippen molar-refractivity contribution >= 4 is 0 Å². The second kappa shape index (κ2) is 7.44. The van der Waals surface area contributed by atoms with Crippen molar-refractivity contribution in [1.29, 1.82) is 0 Å². The van der Waals surface area contributed by atoms with Crippen LogP contribution in [0.4, 0.5) is 4.39 Å². The quantitative estimate of drug-likeness (QED) is 0.753. The number of benzene rings is 1. The summed E-state index contributed by atoms with van der Waals surface area (Å²) in [5, 5.41) is 3.57. The number of hydrogen-bond acceptors (Lipinski definition) is 1. The van der Waals surface area contributed by atoms with E-state index in [1.54, 1.807) is 12.1 Å². The molecule has 2 unspecified atom stereocenters. The molecule has 1 N–H and O–H groups in total. The van der Waals surface area contributed by atoms with E-state index in [2.05, 4.69) is 26.1 Å². The molecule has 1 nitrogen and oxygen atoms in total. The van der Waals surface area contributed by atoms with E-state index in [4.69, 9.17) is 0 Å². The van der Waals surface area contributed by atoms with E-state index in [0.717, 1.165) is 31.4 Å². The van der Waals surface area contributed by atoms with Crippen LogP contribution in [-0.2, 0) is 0 Å². The molecule has 0 aliphatic carbocycles. The van der Waals surface area contributed by atoms with Crippen LogP contribution in [-0.4, -0.2) is 12.6 Å². The zero-order chi connectivity index (χ0) is 12.7. The van der Waals surface area contributed by atoms with Gasteiger partial charge in [0.1, 0.15) is 5.82 Å². The molecule has 0 heterocycles. The summed E-state index contributed by atoms with van der Waals surface area (Å²) >= 11 is 0. The zero-order valence-electron chi connectivity index (χ0n) is 11.2. The van der Waals surface area contributed by atoms with E-state index >= 15 is 0 Å². The number of nitrogens with one attached hydrogen (secondary N) is 1. The Labute approximate surface area is 104 Å². The van der Waals surface area contributed by atoms with E-state index < -0.39 is 0 Å². The van der Waals surface area contributed by atoms with E-state index in [1.807, 2.05) is 6.07 Å². The Balaban J connectivity index is 2.81. The van der Waals surface area contributed by atoms with Gasteiger partial charge in [0.25, 0.3) is 0 Å². The van der Waals surface area contributed by atoms with Crippen LogP contribution in [0.1, 0.15) is 51.5 Å². The molecule has 1 aromatic rings. The van der Waals surface area contributed by atoms with Crippen molar-refractivity contribution in [3.8, 4) is 0 Å². The van der Waals surface area contributed by atoms with Crippen LogP contribution in [0.25, 0.3) is 0 Å². The summed E-state index contributed by atoms with van der Waals surface area (Å²) in [6.07, 6.45) is 3.25. The first kappa shape index (κ1) is 14.2. The van der Waals surface area contributed by atoms with E-state index in [-0.39, 0.29) is 5.82 Å². The molecule has 0 saturated carbocycles. The van der Waals surface area contributed by atoms with Gasteiger partial charge in [0.2, 0.25) is 0 Å². The van der Waals surface area contributed by atoms with Crippen LogP contribution in [0.3, 0.4) is 0 Å². The molecule has 0 spiro atoms. The second-order valence-electron chi connectivity index (χ2n) is 4.54.